The molecule has 0 aliphatic carbocycles. The first-order valence-corrected chi connectivity index (χ1v) is 6.75. The van der Waals surface area contributed by atoms with Gasteiger partial charge in [0.25, 0.3) is 5.91 Å². The molecule has 0 bridgehead atoms. The first kappa shape index (κ1) is 13.6. The highest BCUT2D eigenvalue weighted by molar-refractivity contribution is 7.98. The van der Waals surface area contributed by atoms with Crippen LogP contribution in [0.4, 0.5) is 0 Å². The van der Waals surface area contributed by atoms with Crippen LogP contribution in [0.3, 0.4) is 0 Å². The summed E-state index contributed by atoms with van der Waals surface area (Å²) in [5, 5.41) is 8.54. The quantitative estimate of drug-likeness (QED) is 0.753. The van der Waals surface area contributed by atoms with Crippen LogP contribution in [-0.4, -0.2) is 30.2 Å². The fourth-order valence-electron chi connectivity index (χ4n) is 1.50. The van der Waals surface area contributed by atoms with Crippen LogP contribution < -0.4 is 0 Å². The number of nitrogens with zero attached hydrogens (tertiary/aromatic N) is 2. The zero-order valence-corrected chi connectivity index (χ0v) is 11.0. The minimum Gasteiger partial charge on any atom is -0.338 e. The van der Waals surface area contributed by atoms with Gasteiger partial charge < -0.3 is 4.90 Å². The van der Waals surface area contributed by atoms with Crippen molar-refractivity contribution in [2.75, 3.05) is 19.3 Å². The molecule has 0 aromatic heterocycles. The molecule has 0 aliphatic heterocycles. The zero-order chi connectivity index (χ0) is 12.7. The Labute approximate surface area is 106 Å². The molecule has 4 heteroatoms. The number of thioether (sulfide) groups is 1. The van der Waals surface area contributed by atoms with Gasteiger partial charge in [0.15, 0.2) is 0 Å². The van der Waals surface area contributed by atoms with E-state index in [0.29, 0.717) is 25.1 Å². The van der Waals surface area contributed by atoms with E-state index in [2.05, 4.69) is 6.07 Å². The Morgan fingerprint density at radius 1 is 1.41 bits per heavy atom. The minimum atomic E-state index is -0.00426. The molecule has 0 saturated heterocycles. The molecule has 1 aromatic rings. The minimum absolute atomic E-state index is 0.00426. The molecular formula is C13H16N2OS. The number of hydrogen-bond donors (Lipinski definition) is 0. The summed E-state index contributed by atoms with van der Waals surface area (Å²) in [7, 11) is 0. The molecule has 3 nitrogen and oxygen atoms in total. The van der Waals surface area contributed by atoms with Gasteiger partial charge in [-0.25, -0.2) is 0 Å². The van der Waals surface area contributed by atoms with Crippen molar-refractivity contribution in [3.05, 3.63) is 29.8 Å². The number of carbonyl (C=O) groups is 1. The Morgan fingerprint density at radius 2 is 2.06 bits per heavy atom. The summed E-state index contributed by atoms with van der Waals surface area (Å²) in [5.41, 5.74) is 0.683. The summed E-state index contributed by atoms with van der Waals surface area (Å²) in [6.07, 6.45) is 2.38. The van der Waals surface area contributed by atoms with Gasteiger partial charge in [0.1, 0.15) is 0 Å². The molecule has 0 fully saturated rings. The third kappa shape index (κ3) is 3.79. The molecule has 0 aliphatic rings. The van der Waals surface area contributed by atoms with Gasteiger partial charge in [0.05, 0.1) is 12.5 Å². The summed E-state index contributed by atoms with van der Waals surface area (Å²) < 4.78 is 0. The van der Waals surface area contributed by atoms with Crippen LogP contribution in [0, 0.1) is 11.3 Å². The van der Waals surface area contributed by atoms with Gasteiger partial charge >= 0.3 is 0 Å². The summed E-state index contributed by atoms with van der Waals surface area (Å²) in [6, 6.07) is 9.61. The Bertz CT molecular complexity index is 408. The Hall–Kier alpha value is -1.47. The smallest absolute Gasteiger partial charge is 0.253 e. The average Bonchev–Trinajstić information content (AvgIpc) is 2.39. The molecule has 1 aromatic carbocycles. The standard InChI is InChI=1S/C13H16N2OS/c1-3-15(10-4-9-14)13(16)11-5-7-12(17-2)8-6-11/h5-8H,3-4,10H2,1-2H3. The van der Waals surface area contributed by atoms with Gasteiger partial charge in [-0.15, -0.1) is 11.8 Å². The van der Waals surface area contributed by atoms with Crippen LogP contribution in [-0.2, 0) is 0 Å². The van der Waals surface area contributed by atoms with Crippen LogP contribution >= 0.6 is 11.8 Å². The van der Waals surface area contributed by atoms with Crippen LogP contribution in [0.25, 0.3) is 0 Å². The third-order valence-electron chi connectivity index (χ3n) is 2.50. The summed E-state index contributed by atoms with van der Waals surface area (Å²) in [5.74, 6) is -0.00426. The van der Waals surface area contributed by atoms with Crippen molar-refractivity contribution in [2.45, 2.75) is 18.2 Å². The van der Waals surface area contributed by atoms with Gasteiger partial charge in [0, 0.05) is 23.5 Å². The normalized spacial score (nSPS) is 9.71. The maximum Gasteiger partial charge on any atom is 0.253 e. The molecule has 0 unspecified atom stereocenters. The van der Waals surface area contributed by atoms with E-state index >= 15 is 0 Å². The van der Waals surface area contributed by atoms with E-state index in [1.54, 1.807) is 16.7 Å². The molecule has 0 N–H and O–H groups in total. The zero-order valence-electron chi connectivity index (χ0n) is 10.1. The van der Waals surface area contributed by atoms with Crippen LogP contribution in [0.1, 0.15) is 23.7 Å². The summed E-state index contributed by atoms with van der Waals surface area (Å²) >= 11 is 1.65. The molecule has 0 heterocycles. The van der Waals surface area contributed by atoms with Crippen molar-refractivity contribution < 1.29 is 4.79 Å². The van der Waals surface area contributed by atoms with Gasteiger partial charge in [-0.2, -0.15) is 5.26 Å². The van der Waals surface area contributed by atoms with Crippen molar-refractivity contribution in [2.24, 2.45) is 0 Å². The topological polar surface area (TPSA) is 44.1 Å². The lowest BCUT2D eigenvalue weighted by molar-refractivity contribution is 0.0768. The Morgan fingerprint density at radius 3 is 2.53 bits per heavy atom. The molecule has 17 heavy (non-hydrogen) atoms. The second-order valence-electron chi connectivity index (χ2n) is 3.52. The van der Waals surface area contributed by atoms with E-state index in [4.69, 9.17) is 5.26 Å². The number of nitriles is 1. The lowest BCUT2D eigenvalue weighted by Crippen LogP contribution is -2.31. The van der Waals surface area contributed by atoms with E-state index in [9.17, 15) is 4.79 Å². The average molecular weight is 248 g/mol. The first-order chi connectivity index (χ1) is 8.22. The Kier molecular flexibility index (Phi) is 5.58. The highest BCUT2D eigenvalue weighted by Crippen LogP contribution is 2.15. The number of carbonyl (C=O) groups excluding carboxylic acids is 1. The number of amides is 1. The van der Waals surface area contributed by atoms with Crippen molar-refractivity contribution in [3.8, 4) is 6.07 Å². The predicted molar refractivity (Wildman–Crippen MR) is 70.0 cm³/mol. The molecule has 90 valence electrons. The summed E-state index contributed by atoms with van der Waals surface area (Å²) in [4.78, 5) is 14.9. The van der Waals surface area contributed by atoms with Crippen LogP contribution in [0.2, 0.25) is 0 Å². The molecule has 0 spiro atoms. The SMILES string of the molecule is CCN(CCC#N)C(=O)c1ccc(SC)cc1. The van der Waals surface area contributed by atoms with Crippen molar-refractivity contribution in [3.63, 3.8) is 0 Å². The highest BCUT2D eigenvalue weighted by Gasteiger charge is 2.13. The van der Waals surface area contributed by atoms with E-state index in [1.807, 2.05) is 37.4 Å². The first-order valence-electron chi connectivity index (χ1n) is 5.53. The second-order valence-corrected chi connectivity index (χ2v) is 4.40. The van der Waals surface area contributed by atoms with Crippen LogP contribution in [0.15, 0.2) is 29.2 Å². The molecule has 0 radical (unpaired) electrons. The van der Waals surface area contributed by atoms with E-state index in [1.165, 1.54) is 0 Å². The highest BCUT2D eigenvalue weighted by atomic mass is 32.2. The summed E-state index contributed by atoms with van der Waals surface area (Å²) in [6.45, 7) is 3.05. The number of rotatable bonds is 5. The predicted octanol–water partition coefficient (Wildman–Crippen LogP) is 2.78. The van der Waals surface area contributed by atoms with Gasteiger partial charge in [-0.05, 0) is 37.4 Å². The van der Waals surface area contributed by atoms with Gasteiger partial charge in [-0.3, -0.25) is 4.79 Å². The fourth-order valence-corrected chi connectivity index (χ4v) is 1.91. The van der Waals surface area contributed by atoms with E-state index in [-0.39, 0.29) is 5.91 Å². The van der Waals surface area contributed by atoms with Gasteiger partial charge in [0.2, 0.25) is 0 Å². The van der Waals surface area contributed by atoms with E-state index in [0.717, 1.165) is 4.90 Å². The monoisotopic (exact) mass is 248 g/mol. The maximum absolute atomic E-state index is 12.1. The van der Waals surface area contributed by atoms with Crippen LogP contribution in [0.5, 0.6) is 0 Å². The molecule has 1 rings (SSSR count). The molecule has 1 amide bonds. The lowest BCUT2D eigenvalue weighted by atomic mass is 10.2. The third-order valence-corrected chi connectivity index (χ3v) is 3.24. The van der Waals surface area contributed by atoms with Crippen molar-refractivity contribution in [1.82, 2.24) is 4.90 Å². The number of hydrogen-bond acceptors (Lipinski definition) is 3. The molecule has 0 atom stereocenters. The largest absolute Gasteiger partial charge is 0.338 e. The lowest BCUT2D eigenvalue weighted by Gasteiger charge is -2.19. The molecule has 0 saturated carbocycles. The number of benzene rings is 1. The second kappa shape index (κ2) is 6.97. The Balaban J connectivity index is 2.75. The maximum atomic E-state index is 12.1. The van der Waals surface area contributed by atoms with E-state index < -0.39 is 0 Å². The van der Waals surface area contributed by atoms with Crippen molar-refractivity contribution in [1.29, 1.82) is 5.26 Å². The molecular weight excluding hydrogens is 232 g/mol. The fraction of sp³-hybridized carbons (Fsp3) is 0.385. The van der Waals surface area contributed by atoms with Crippen molar-refractivity contribution >= 4 is 17.7 Å². The van der Waals surface area contributed by atoms with Gasteiger partial charge in [-0.1, -0.05) is 0 Å².